The van der Waals surface area contributed by atoms with Crippen LogP contribution < -0.4 is 5.32 Å². The van der Waals surface area contributed by atoms with Crippen LogP contribution in [0, 0.1) is 11.8 Å². The molecule has 2 saturated heterocycles. The first-order valence-corrected chi connectivity index (χ1v) is 12.1. The molecule has 6 heteroatoms. The van der Waals surface area contributed by atoms with E-state index in [4.69, 9.17) is 5.11 Å². The lowest BCUT2D eigenvalue weighted by Crippen LogP contribution is -2.46. The minimum atomic E-state index is -0.684. The zero-order valence-electron chi connectivity index (χ0n) is 17.9. The second-order valence-corrected chi connectivity index (χ2v) is 9.89. The maximum atomic E-state index is 13.5. The lowest BCUT2D eigenvalue weighted by molar-refractivity contribution is -0.137. The topological polar surface area (TPSA) is 72.9 Å². The monoisotopic (exact) mass is 405 g/mol. The predicted molar refractivity (Wildman–Crippen MR) is 113 cm³/mol. The zero-order chi connectivity index (χ0) is 20.2. The van der Waals surface area contributed by atoms with Crippen LogP contribution >= 0.6 is 0 Å². The summed E-state index contributed by atoms with van der Waals surface area (Å²) in [5.41, 5.74) is 0. The number of aliphatic carboxylic acids is 1. The predicted octanol–water partition coefficient (Wildman–Crippen LogP) is 3.85. The van der Waals surface area contributed by atoms with Crippen molar-refractivity contribution in [2.45, 2.75) is 102 Å². The number of rotatable bonds is 7. The third-order valence-corrected chi connectivity index (χ3v) is 8.13. The van der Waals surface area contributed by atoms with Crippen LogP contribution in [0.4, 0.5) is 4.79 Å². The summed E-state index contributed by atoms with van der Waals surface area (Å²) in [7, 11) is 0. The van der Waals surface area contributed by atoms with Crippen LogP contribution in [-0.4, -0.2) is 64.7 Å². The molecule has 2 saturated carbocycles. The van der Waals surface area contributed by atoms with Crippen molar-refractivity contribution in [3.63, 3.8) is 0 Å². The average Bonchev–Trinajstić information content (AvgIpc) is 3.03. The molecule has 0 radical (unpaired) electrons. The van der Waals surface area contributed by atoms with Gasteiger partial charge in [0.2, 0.25) is 0 Å². The maximum Gasteiger partial charge on any atom is 0.320 e. The van der Waals surface area contributed by atoms with Crippen LogP contribution in [0.3, 0.4) is 0 Å². The van der Waals surface area contributed by atoms with Crippen molar-refractivity contribution in [2.24, 2.45) is 11.8 Å². The SMILES string of the molecule is O=C(O)CCC1CCC(N2C(=O)N(CCC3CCNCC3)C3CCCCC32)CC1. The van der Waals surface area contributed by atoms with Crippen LogP contribution in [0.25, 0.3) is 0 Å². The molecule has 29 heavy (non-hydrogen) atoms. The average molecular weight is 406 g/mol. The van der Waals surface area contributed by atoms with E-state index in [0.717, 1.165) is 64.1 Å². The molecule has 0 spiro atoms. The van der Waals surface area contributed by atoms with Gasteiger partial charge in [0.1, 0.15) is 0 Å². The fourth-order valence-corrected chi connectivity index (χ4v) is 6.43. The number of carboxylic acid groups (broad SMARTS) is 1. The van der Waals surface area contributed by atoms with Crippen molar-refractivity contribution in [1.29, 1.82) is 0 Å². The Morgan fingerprint density at radius 2 is 1.55 bits per heavy atom. The molecule has 6 nitrogen and oxygen atoms in total. The molecule has 2 N–H and O–H groups in total. The van der Waals surface area contributed by atoms with Crippen molar-refractivity contribution >= 4 is 12.0 Å². The second-order valence-electron chi connectivity index (χ2n) is 9.89. The highest BCUT2D eigenvalue weighted by molar-refractivity contribution is 5.78. The fourth-order valence-electron chi connectivity index (χ4n) is 6.43. The van der Waals surface area contributed by atoms with Gasteiger partial charge in [-0.1, -0.05) is 12.8 Å². The van der Waals surface area contributed by atoms with E-state index in [1.54, 1.807) is 0 Å². The highest BCUT2D eigenvalue weighted by Gasteiger charge is 2.49. The van der Waals surface area contributed by atoms with Crippen molar-refractivity contribution in [3.8, 4) is 0 Å². The van der Waals surface area contributed by atoms with Crippen LogP contribution in [0.1, 0.15) is 83.5 Å². The van der Waals surface area contributed by atoms with Gasteiger partial charge in [-0.25, -0.2) is 4.79 Å². The summed E-state index contributed by atoms with van der Waals surface area (Å²) in [6, 6.07) is 1.54. The first kappa shape index (κ1) is 21.0. The number of carboxylic acids is 1. The van der Waals surface area contributed by atoms with Gasteiger partial charge in [-0.15, -0.1) is 0 Å². The molecule has 2 aliphatic carbocycles. The Kier molecular flexibility index (Phi) is 6.99. The summed E-state index contributed by atoms with van der Waals surface area (Å²) in [4.78, 5) is 28.9. The summed E-state index contributed by atoms with van der Waals surface area (Å²) < 4.78 is 0. The largest absolute Gasteiger partial charge is 0.481 e. The van der Waals surface area contributed by atoms with Gasteiger partial charge in [-0.3, -0.25) is 4.79 Å². The number of hydrogen-bond acceptors (Lipinski definition) is 3. The Hall–Kier alpha value is -1.30. The Morgan fingerprint density at radius 3 is 2.24 bits per heavy atom. The smallest absolute Gasteiger partial charge is 0.320 e. The molecule has 0 bridgehead atoms. The number of amides is 2. The molecule has 0 aromatic heterocycles. The summed E-state index contributed by atoms with van der Waals surface area (Å²) >= 11 is 0. The van der Waals surface area contributed by atoms with E-state index >= 15 is 0 Å². The first-order chi connectivity index (χ1) is 14.1. The van der Waals surface area contributed by atoms with Crippen molar-refractivity contribution < 1.29 is 14.7 Å². The summed E-state index contributed by atoms with van der Waals surface area (Å²) in [6.07, 6.45) is 13.9. The minimum Gasteiger partial charge on any atom is -0.481 e. The number of fused-ring (bicyclic) bond motifs is 1. The molecule has 164 valence electrons. The number of hydrogen-bond donors (Lipinski definition) is 2. The number of carbonyl (C=O) groups excluding carboxylic acids is 1. The van der Waals surface area contributed by atoms with Crippen LogP contribution in [0.5, 0.6) is 0 Å². The van der Waals surface area contributed by atoms with Gasteiger partial charge in [0.05, 0.1) is 12.1 Å². The van der Waals surface area contributed by atoms with Crippen molar-refractivity contribution in [2.75, 3.05) is 19.6 Å². The fraction of sp³-hybridized carbons (Fsp3) is 0.913. The summed E-state index contributed by atoms with van der Waals surface area (Å²) in [6.45, 7) is 3.19. The van der Waals surface area contributed by atoms with Gasteiger partial charge in [0.25, 0.3) is 0 Å². The summed E-state index contributed by atoms with van der Waals surface area (Å²) in [5, 5.41) is 12.4. The number of carbonyl (C=O) groups is 2. The van der Waals surface area contributed by atoms with E-state index in [2.05, 4.69) is 15.1 Å². The molecule has 2 aliphatic heterocycles. The normalized spacial score (nSPS) is 33.7. The molecule has 4 fully saturated rings. The van der Waals surface area contributed by atoms with E-state index in [9.17, 15) is 9.59 Å². The maximum absolute atomic E-state index is 13.5. The molecule has 2 unspecified atom stereocenters. The molecular formula is C23H39N3O3. The second kappa shape index (κ2) is 9.67. The molecule has 0 aromatic carbocycles. The van der Waals surface area contributed by atoms with Crippen molar-refractivity contribution in [3.05, 3.63) is 0 Å². The quantitative estimate of drug-likeness (QED) is 0.675. The number of nitrogens with zero attached hydrogens (tertiary/aromatic N) is 2. The number of nitrogens with one attached hydrogen (secondary N) is 1. The van der Waals surface area contributed by atoms with E-state index < -0.39 is 5.97 Å². The lowest BCUT2D eigenvalue weighted by Gasteiger charge is -2.39. The van der Waals surface area contributed by atoms with Gasteiger partial charge in [-0.05, 0) is 89.1 Å². The Morgan fingerprint density at radius 1 is 0.897 bits per heavy atom. The van der Waals surface area contributed by atoms with E-state index in [1.165, 1.54) is 38.5 Å². The van der Waals surface area contributed by atoms with E-state index in [-0.39, 0.29) is 6.42 Å². The molecule has 2 atom stereocenters. The molecule has 0 aromatic rings. The van der Waals surface area contributed by atoms with Gasteiger partial charge in [0, 0.05) is 19.0 Å². The number of piperidine rings is 1. The molecule has 4 rings (SSSR count). The van der Waals surface area contributed by atoms with Gasteiger partial charge in [0.15, 0.2) is 0 Å². The van der Waals surface area contributed by atoms with Crippen LogP contribution in [0.15, 0.2) is 0 Å². The summed E-state index contributed by atoms with van der Waals surface area (Å²) in [5.74, 6) is 0.610. The van der Waals surface area contributed by atoms with E-state index in [1.807, 2.05) is 0 Å². The Labute approximate surface area is 175 Å². The lowest BCUT2D eigenvalue weighted by atomic mass is 9.81. The minimum absolute atomic E-state index is 0.285. The van der Waals surface area contributed by atoms with E-state index in [0.29, 0.717) is 30.1 Å². The van der Waals surface area contributed by atoms with Crippen LogP contribution in [-0.2, 0) is 4.79 Å². The van der Waals surface area contributed by atoms with Gasteiger partial charge >= 0.3 is 12.0 Å². The molecule has 2 heterocycles. The van der Waals surface area contributed by atoms with Gasteiger partial charge < -0.3 is 20.2 Å². The Balaban J connectivity index is 1.35. The molecule has 2 amide bonds. The Bertz CT molecular complexity index is 570. The third-order valence-electron chi connectivity index (χ3n) is 8.13. The molecule has 4 aliphatic rings. The zero-order valence-corrected chi connectivity index (χ0v) is 17.9. The highest BCUT2D eigenvalue weighted by Crippen LogP contribution is 2.40. The molecular weight excluding hydrogens is 366 g/mol. The number of urea groups is 1. The van der Waals surface area contributed by atoms with Gasteiger partial charge in [-0.2, -0.15) is 0 Å². The van der Waals surface area contributed by atoms with Crippen LogP contribution in [0.2, 0.25) is 0 Å². The highest BCUT2D eigenvalue weighted by atomic mass is 16.4. The standard InChI is InChI=1S/C23H39N3O3/c27-22(28)10-7-17-5-8-19(9-6-17)26-21-4-2-1-3-20(21)25(23(26)29)16-13-18-11-14-24-15-12-18/h17-21,24H,1-16H2,(H,27,28). The third kappa shape index (κ3) is 4.89. The first-order valence-electron chi connectivity index (χ1n) is 12.1. The van der Waals surface area contributed by atoms with Crippen molar-refractivity contribution in [1.82, 2.24) is 15.1 Å².